The first-order valence-electron chi connectivity index (χ1n) is 5.32. The Labute approximate surface area is 110 Å². The van der Waals surface area contributed by atoms with Crippen molar-refractivity contribution in [3.8, 4) is 5.75 Å². The fourth-order valence-electron chi connectivity index (χ4n) is 1.46. The maximum Gasteiger partial charge on any atom is 0.123 e. The third-order valence-corrected chi connectivity index (χ3v) is 3.34. The fraction of sp³-hybridized carbons (Fsp3) is 0.0769. The Hall–Kier alpha value is -2.01. The molecule has 1 aromatic heterocycles. The molecule has 0 unspecified atom stereocenters. The van der Waals surface area contributed by atoms with Crippen molar-refractivity contribution in [3.05, 3.63) is 48.2 Å². The highest BCUT2D eigenvalue weighted by Gasteiger charge is 2.09. The van der Waals surface area contributed by atoms with Crippen molar-refractivity contribution < 1.29 is 4.74 Å². The summed E-state index contributed by atoms with van der Waals surface area (Å²) in [6.07, 6.45) is 1.73. The van der Waals surface area contributed by atoms with Crippen LogP contribution >= 0.6 is 11.8 Å². The number of amidine groups is 1. The number of rotatable bonds is 4. The largest absolute Gasteiger partial charge is 0.497 e. The molecule has 0 saturated heterocycles. The third kappa shape index (κ3) is 2.81. The van der Waals surface area contributed by atoms with E-state index in [4.69, 9.17) is 15.9 Å². The molecular weight excluding hydrogens is 246 g/mol. The fourth-order valence-corrected chi connectivity index (χ4v) is 2.41. The average Bonchev–Trinajstić information content (AvgIpc) is 2.39. The van der Waals surface area contributed by atoms with Crippen LogP contribution in [0.5, 0.6) is 5.75 Å². The molecule has 2 rings (SSSR count). The Kier molecular flexibility index (Phi) is 3.84. The summed E-state index contributed by atoms with van der Waals surface area (Å²) in [5.41, 5.74) is 6.26. The molecule has 1 aromatic carbocycles. The smallest absolute Gasteiger partial charge is 0.123 e. The van der Waals surface area contributed by atoms with Crippen molar-refractivity contribution in [2.24, 2.45) is 5.73 Å². The zero-order valence-corrected chi connectivity index (χ0v) is 10.7. The van der Waals surface area contributed by atoms with E-state index in [-0.39, 0.29) is 5.84 Å². The molecule has 0 amide bonds. The van der Waals surface area contributed by atoms with Crippen molar-refractivity contribution in [3.63, 3.8) is 0 Å². The summed E-state index contributed by atoms with van der Waals surface area (Å²) in [4.78, 5) is 5.10. The molecule has 5 heteroatoms. The Morgan fingerprint density at radius 1 is 1.33 bits per heavy atom. The van der Waals surface area contributed by atoms with E-state index in [1.54, 1.807) is 25.4 Å². The van der Waals surface area contributed by atoms with Crippen LogP contribution in [0.1, 0.15) is 5.56 Å². The molecule has 0 bridgehead atoms. The molecule has 0 aliphatic heterocycles. The molecular formula is C13H13N3OS. The normalized spacial score (nSPS) is 10.1. The van der Waals surface area contributed by atoms with Crippen LogP contribution in [0.25, 0.3) is 0 Å². The second kappa shape index (κ2) is 5.55. The van der Waals surface area contributed by atoms with E-state index in [1.807, 2.05) is 24.3 Å². The van der Waals surface area contributed by atoms with E-state index in [1.165, 1.54) is 11.8 Å². The van der Waals surface area contributed by atoms with Crippen molar-refractivity contribution in [2.45, 2.75) is 9.92 Å². The van der Waals surface area contributed by atoms with Crippen LogP contribution in [0.4, 0.5) is 0 Å². The molecule has 0 spiro atoms. The summed E-state index contributed by atoms with van der Waals surface area (Å²) in [7, 11) is 1.61. The molecule has 0 radical (unpaired) electrons. The van der Waals surface area contributed by atoms with Gasteiger partial charge in [0, 0.05) is 16.7 Å². The zero-order valence-electron chi connectivity index (χ0n) is 9.88. The van der Waals surface area contributed by atoms with Crippen LogP contribution in [0.15, 0.2) is 52.5 Å². The Morgan fingerprint density at radius 2 is 2.17 bits per heavy atom. The van der Waals surface area contributed by atoms with Crippen LogP contribution < -0.4 is 10.5 Å². The van der Waals surface area contributed by atoms with Gasteiger partial charge in [-0.3, -0.25) is 5.41 Å². The molecule has 0 aliphatic rings. The van der Waals surface area contributed by atoms with Crippen LogP contribution in [0.2, 0.25) is 0 Å². The molecule has 18 heavy (non-hydrogen) atoms. The second-order valence-corrected chi connectivity index (χ2v) is 4.61. The lowest BCUT2D eigenvalue weighted by atomic mass is 10.2. The highest BCUT2D eigenvalue weighted by atomic mass is 32.2. The van der Waals surface area contributed by atoms with Crippen LogP contribution in [-0.2, 0) is 0 Å². The summed E-state index contributed by atoms with van der Waals surface area (Å²) >= 11 is 1.46. The van der Waals surface area contributed by atoms with E-state index >= 15 is 0 Å². The van der Waals surface area contributed by atoms with E-state index in [0.717, 1.165) is 15.7 Å². The maximum atomic E-state index is 7.57. The van der Waals surface area contributed by atoms with Gasteiger partial charge in [-0.15, -0.1) is 0 Å². The molecule has 3 N–H and O–H groups in total. The Morgan fingerprint density at radius 3 is 2.78 bits per heavy atom. The maximum absolute atomic E-state index is 7.57. The minimum Gasteiger partial charge on any atom is -0.497 e. The van der Waals surface area contributed by atoms with Gasteiger partial charge in [0.2, 0.25) is 0 Å². The quantitative estimate of drug-likeness (QED) is 0.653. The van der Waals surface area contributed by atoms with Crippen LogP contribution in [0.3, 0.4) is 0 Å². The molecule has 0 saturated carbocycles. The van der Waals surface area contributed by atoms with Gasteiger partial charge in [0.25, 0.3) is 0 Å². The van der Waals surface area contributed by atoms with E-state index in [0.29, 0.717) is 5.56 Å². The Bertz CT molecular complexity index is 557. The first kappa shape index (κ1) is 12.4. The van der Waals surface area contributed by atoms with Crippen LogP contribution in [-0.4, -0.2) is 17.9 Å². The number of aromatic nitrogens is 1. The second-order valence-electron chi connectivity index (χ2n) is 3.55. The third-order valence-electron chi connectivity index (χ3n) is 2.33. The van der Waals surface area contributed by atoms with Gasteiger partial charge in [-0.2, -0.15) is 0 Å². The van der Waals surface area contributed by atoms with Gasteiger partial charge in [-0.05, 0) is 30.3 Å². The molecule has 2 aromatic rings. The number of benzene rings is 1. The average molecular weight is 259 g/mol. The SMILES string of the molecule is COc1ccc(C(=N)N)c(Sc2ccccn2)c1. The lowest BCUT2D eigenvalue weighted by Crippen LogP contribution is -2.12. The monoisotopic (exact) mass is 259 g/mol. The summed E-state index contributed by atoms with van der Waals surface area (Å²) < 4.78 is 5.18. The van der Waals surface area contributed by atoms with Gasteiger partial charge < -0.3 is 10.5 Å². The first-order valence-corrected chi connectivity index (χ1v) is 6.13. The molecule has 4 nitrogen and oxygen atoms in total. The molecule has 92 valence electrons. The summed E-state index contributed by atoms with van der Waals surface area (Å²) in [6, 6.07) is 11.1. The summed E-state index contributed by atoms with van der Waals surface area (Å²) in [5, 5.41) is 8.43. The number of hydrogen-bond acceptors (Lipinski definition) is 4. The van der Waals surface area contributed by atoms with Gasteiger partial charge in [0.15, 0.2) is 0 Å². The number of hydrogen-bond donors (Lipinski definition) is 2. The molecule has 0 atom stereocenters. The van der Waals surface area contributed by atoms with Crippen molar-refractivity contribution in [1.29, 1.82) is 5.41 Å². The zero-order chi connectivity index (χ0) is 13.0. The molecule has 0 aliphatic carbocycles. The van der Waals surface area contributed by atoms with Gasteiger partial charge in [0.05, 0.1) is 7.11 Å². The van der Waals surface area contributed by atoms with Gasteiger partial charge in [-0.25, -0.2) is 4.98 Å². The van der Waals surface area contributed by atoms with Crippen LogP contribution in [0, 0.1) is 5.41 Å². The number of nitrogens with one attached hydrogen (secondary N) is 1. The lowest BCUT2D eigenvalue weighted by Gasteiger charge is -2.09. The number of nitrogen functional groups attached to an aromatic ring is 1. The van der Waals surface area contributed by atoms with Gasteiger partial charge in [0.1, 0.15) is 16.6 Å². The number of nitrogens with zero attached hydrogens (tertiary/aromatic N) is 1. The Balaban J connectivity index is 2.38. The lowest BCUT2D eigenvalue weighted by molar-refractivity contribution is 0.413. The van der Waals surface area contributed by atoms with Gasteiger partial charge in [-0.1, -0.05) is 17.8 Å². The van der Waals surface area contributed by atoms with Gasteiger partial charge >= 0.3 is 0 Å². The minimum absolute atomic E-state index is 0.0380. The van der Waals surface area contributed by atoms with E-state index < -0.39 is 0 Å². The summed E-state index contributed by atoms with van der Waals surface area (Å²) in [6.45, 7) is 0. The number of methoxy groups -OCH3 is 1. The van der Waals surface area contributed by atoms with Crippen molar-refractivity contribution in [1.82, 2.24) is 4.98 Å². The predicted octanol–water partition coefficient (Wildman–Crippen LogP) is 2.53. The standard InChI is InChI=1S/C13H13N3OS/c1-17-9-5-6-10(13(14)15)11(8-9)18-12-4-2-3-7-16-12/h2-8H,1H3,(H3,14,15). The first-order chi connectivity index (χ1) is 8.70. The minimum atomic E-state index is 0.0380. The topological polar surface area (TPSA) is 72.0 Å². The predicted molar refractivity (Wildman–Crippen MR) is 72.4 cm³/mol. The highest BCUT2D eigenvalue weighted by molar-refractivity contribution is 7.99. The molecule has 0 fully saturated rings. The number of nitrogens with two attached hydrogens (primary N) is 1. The van der Waals surface area contributed by atoms with Crippen molar-refractivity contribution in [2.75, 3.05) is 7.11 Å². The highest BCUT2D eigenvalue weighted by Crippen LogP contribution is 2.31. The van der Waals surface area contributed by atoms with Crippen molar-refractivity contribution >= 4 is 17.6 Å². The summed E-state index contributed by atoms with van der Waals surface area (Å²) in [5.74, 6) is 0.773. The van der Waals surface area contributed by atoms with E-state index in [2.05, 4.69) is 4.98 Å². The van der Waals surface area contributed by atoms with E-state index in [9.17, 15) is 0 Å². The molecule has 1 heterocycles. The number of ether oxygens (including phenoxy) is 1. The number of pyridine rings is 1.